The van der Waals surface area contributed by atoms with Gasteiger partial charge in [-0.15, -0.1) is 0 Å². The summed E-state index contributed by atoms with van der Waals surface area (Å²) in [6.07, 6.45) is 52.5. The van der Waals surface area contributed by atoms with E-state index < -0.39 is 0 Å². The number of aliphatic hydroxyl groups excluding tert-OH is 5. The van der Waals surface area contributed by atoms with Crippen LogP contribution in [-0.4, -0.2) is 61.1 Å². The van der Waals surface area contributed by atoms with Gasteiger partial charge in [-0.1, -0.05) is 225 Å². The smallest absolute Gasteiger partial charge is 0.0319 e. The van der Waals surface area contributed by atoms with Crippen LogP contribution in [0.15, 0.2) is 0 Å². The quantitative estimate of drug-likeness (QED) is 0.180. The molecule has 0 aromatic carbocycles. The van der Waals surface area contributed by atoms with Gasteiger partial charge in [0.25, 0.3) is 0 Å². The molecule has 1 rings (SSSR count). The van der Waals surface area contributed by atoms with Gasteiger partial charge in [0.1, 0.15) is 0 Å². The zero-order valence-corrected chi connectivity index (χ0v) is 32.0. The predicted molar refractivity (Wildman–Crippen MR) is 202 cm³/mol. The highest BCUT2D eigenvalue weighted by molar-refractivity contribution is 4.54. The van der Waals surface area contributed by atoms with Gasteiger partial charge in [0.15, 0.2) is 0 Å². The Balaban J connectivity index is -0.000000482. The van der Waals surface area contributed by atoms with Crippen molar-refractivity contribution in [2.45, 2.75) is 225 Å². The first-order chi connectivity index (χ1) is 22.5. The third kappa shape index (κ3) is 63.2. The second-order valence-electron chi connectivity index (χ2n) is 12.4. The third-order valence-electron chi connectivity index (χ3n) is 8.75. The molecule has 5 N–H and O–H groups in total. The molecule has 1 aliphatic rings. The monoisotopic (exact) mass is 651 g/mol. The molecule has 0 atom stereocenters. The second kappa shape index (κ2) is 66.3. The van der Waals surface area contributed by atoms with E-state index in [1.807, 2.05) is 0 Å². The minimum absolute atomic E-state index is 1.00. The molecule has 0 unspecified atom stereocenters. The van der Waals surface area contributed by atoms with Crippen molar-refractivity contribution in [1.29, 1.82) is 0 Å². The second-order valence-corrected chi connectivity index (χ2v) is 12.4. The maximum absolute atomic E-state index is 7.00. The minimum Gasteiger partial charge on any atom is -0.400 e. The molecule has 0 bridgehead atoms. The fraction of sp³-hybridized carbons (Fsp3) is 1.00. The molecule has 0 aromatic heterocycles. The van der Waals surface area contributed by atoms with Crippen molar-refractivity contribution in [1.82, 2.24) is 0 Å². The molecular formula is C40H90O5. The lowest BCUT2D eigenvalue weighted by Crippen LogP contribution is -1.85. The highest BCUT2D eigenvalue weighted by Crippen LogP contribution is 2.18. The molecule has 0 spiro atoms. The van der Waals surface area contributed by atoms with Crippen LogP contribution < -0.4 is 0 Å². The van der Waals surface area contributed by atoms with Crippen LogP contribution >= 0.6 is 0 Å². The normalized spacial score (nSPS) is 19.3. The first-order valence-corrected chi connectivity index (χ1v) is 19.7. The summed E-state index contributed by atoms with van der Waals surface area (Å²) < 4.78 is 0. The van der Waals surface area contributed by atoms with E-state index in [4.69, 9.17) is 25.5 Å². The SMILES string of the molecule is C1CCCCCCCCCCCCCCCCCCCCCCCCCCCCCCCCCC1.CO.CO.CO.CO.CO. The summed E-state index contributed by atoms with van der Waals surface area (Å²) in [5.74, 6) is 0. The van der Waals surface area contributed by atoms with Gasteiger partial charge in [0.05, 0.1) is 0 Å². The number of rotatable bonds is 0. The van der Waals surface area contributed by atoms with Crippen molar-refractivity contribution in [2.75, 3.05) is 35.5 Å². The van der Waals surface area contributed by atoms with Crippen molar-refractivity contribution < 1.29 is 25.5 Å². The molecular weight excluding hydrogens is 560 g/mol. The van der Waals surface area contributed by atoms with Gasteiger partial charge in [-0.3, -0.25) is 0 Å². The minimum atomic E-state index is 1.00. The van der Waals surface area contributed by atoms with E-state index in [1.165, 1.54) is 225 Å². The average Bonchev–Trinajstić information content (AvgIpc) is 3.11. The van der Waals surface area contributed by atoms with E-state index in [9.17, 15) is 0 Å². The molecule has 5 nitrogen and oxygen atoms in total. The van der Waals surface area contributed by atoms with Crippen molar-refractivity contribution in [3.05, 3.63) is 0 Å². The average molecular weight is 651 g/mol. The molecule has 280 valence electrons. The van der Waals surface area contributed by atoms with Crippen molar-refractivity contribution in [2.24, 2.45) is 0 Å². The lowest BCUT2D eigenvalue weighted by molar-refractivity contribution is 0.399. The summed E-state index contributed by atoms with van der Waals surface area (Å²) in [4.78, 5) is 0. The molecule has 0 amide bonds. The Bertz CT molecular complexity index is 202. The lowest BCUT2D eigenvalue weighted by atomic mass is 10.0. The summed E-state index contributed by atoms with van der Waals surface area (Å²) in [6.45, 7) is 0. The Morgan fingerprint density at radius 3 is 0.156 bits per heavy atom. The van der Waals surface area contributed by atoms with Gasteiger partial charge in [0, 0.05) is 35.5 Å². The van der Waals surface area contributed by atoms with Gasteiger partial charge in [-0.2, -0.15) is 0 Å². The summed E-state index contributed by atoms with van der Waals surface area (Å²) in [7, 11) is 5.00. The van der Waals surface area contributed by atoms with Gasteiger partial charge in [-0.25, -0.2) is 0 Å². The number of hydrogen-bond donors (Lipinski definition) is 5. The Hall–Kier alpha value is -0.200. The van der Waals surface area contributed by atoms with Crippen LogP contribution in [0.1, 0.15) is 225 Å². The number of aliphatic hydroxyl groups is 5. The van der Waals surface area contributed by atoms with Crippen LogP contribution in [-0.2, 0) is 0 Å². The first-order valence-electron chi connectivity index (χ1n) is 19.7. The zero-order valence-electron chi connectivity index (χ0n) is 32.0. The molecule has 1 saturated carbocycles. The third-order valence-corrected chi connectivity index (χ3v) is 8.75. The highest BCUT2D eigenvalue weighted by atomic mass is 16.2. The fourth-order valence-electron chi connectivity index (χ4n) is 6.19. The molecule has 0 radical (unpaired) electrons. The zero-order chi connectivity index (χ0) is 34.7. The topological polar surface area (TPSA) is 101 Å². The largest absolute Gasteiger partial charge is 0.400 e. The van der Waals surface area contributed by atoms with Crippen molar-refractivity contribution in [3.8, 4) is 0 Å². The fourth-order valence-corrected chi connectivity index (χ4v) is 6.19. The van der Waals surface area contributed by atoms with Crippen LogP contribution in [0.4, 0.5) is 0 Å². The highest BCUT2D eigenvalue weighted by Gasteiger charge is 1.98. The van der Waals surface area contributed by atoms with Gasteiger partial charge >= 0.3 is 0 Å². The lowest BCUT2D eigenvalue weighted by Gasteiger charge is -2.04. The van der Waals surface area contributed by atoms with E-state index in [2.05, 4.69) is 0 Å². The van der Waals surface area contributed by atoms with Crippen LogP contribution in [0.25, 0.3) is 0 Å². The Morgan fingerprint density at radius 1 is 0.111 bits per heavy atom. The molecule has 0 aromatic rings. The molecule has 0 heterocycles. The standard InChI is InChI=1S/C35H70.5CH4O/c1-2-4-6-8-10-12-14-16-18-20-22-24-26-28-30-32-34-35-33-31-29-27-25-23-21-19-17-15-13-11-9-7-5-3-1;5*1-2/h1-35H2;5*2H,1H3. The molecule has 1 aliphatic carbocycles. The van der Waals surface area contributed by atoms with E-state index in [0.717, 1.165) is 35.5 Å². The van der Waals surface area contributed by atoms with Crippen molar-refractivity contribution >= 4 is 0 Å². The molecule has 0 aliphatic heterocycles. The van der Waals surface area contributed by atoms with E-state index in [0.29, 0.717) is 0 Å². The van der Waals surface area contributed by atoms with Crippen LogP contribution in [0.3, 0.4) is 0 Å². The van der Waals surface area contributed by atoms with Gasteiger partial charge < -0.3 is 25.5 Å². The predicted octanol–water partition coefficient (Wildman–Crippen LogP) is 11.7. The summed E-state index contributed by atoms with van der Waals surface area (Å²) in [6, 6.07) is 0. The maximum Gasteiger partial charge on any atom is 0.0319 e. The van der Waals surface area contributed by atoms with Gasteiger partial charge in [-0.05, 0) is 0 Å². The molecule has 0 saturated heterocycles. The molecule has 1 fully saturated rings. The van der Waals surface area contributed by atoms with Crippen molar-refractivity contribution in [3.63, 3.8) is 0 Å². The Labute approximate surface area is 285 Å². The van der Waals surface area contributed by atoms with Crippen LogP contribution in [0, 0.1) is 0 Å². The molecule has 45 heavy (non-hydrogen) atoms. The van der Waals surface area contributed by atoms with Crippen LogP contribution in [0.5, 0.6) is 0 Å². The summed E-state index contributed by atoms with van der Waals surface area (Å²) in [5.41, 5.74) is 0. The van der Waals surface area contributed by atoms with Gasteiger partial charge in [0.2, 0.25) is 0 Å². The maximum atomic E-state index is 7.00. The summed E-state index contributed by atoms with van der Waals surface area (Å²) in [5, 5.41) is 35.0. The van der Waals surface area contributed by atoms with E-state index in [-0.39, 0.29) is 0 Å². The van der Waals surface area contributed by atoms with E-state index in [1.54, 1.807) is 0 Å². The Morgan fingerprint density at radius 2 is 0.133 bits per heavy atom. The van der Waals surface area contributed by atoms with Crippen LogP contribution in [0.2, 0.25) is 0 Å². The Kier molecular flexibility index (Phi) is 79.9. The first kappa shape index (κ1) is 54.3. The number of hydrogen-bond acceptors (Lipinski definition) is 5. The van der Waals surface area contributed by atoms with E-state index >= 15 is 0 Å². The molecule has 5 heteroatoms. The summed E-state index contributed by atoms with van der Waals surface area (Å²) >= 11 is 0.